The van der Waals surface area contributed by atoms with Crippen LogP contribution in [0, 0.1) is 13.8 Å². The molecular formula is C14H19N3O2S. The molecule has 0 radical (unpaired) electrons. The minimum Gasteiger partial charge on any atom is -0.337 e. The van der Waals surface area contributed by atoms with Crippen molar-refractivity contribution in [2.75, 3.05) is 6.54 Å². The summed E-state index contributed by atoms with van der Waals surface area (Å²) < 4.78 is 28.8. The number of rotatable bonds is 6. The van der Waals surface area contributed by atoms with Gasteiger partial charge in [-0.25, -0.2) is 18.1 Å². The van der Waals surface area contributed by atoms with Crippen molar-refractivity contribution in [3.8, 4) is 0 Å². The third-order valence-corrected chi connectivity index (χ3v) is 4.69. The van der Waals surface area contributed by atoms with Crippen molar-refractivity contribution < 1.29 is 8.42 Å². The summed E-state index contributed by atoms with van der Waals surface area (Å²) in [4.78, 5) is 4.26. The van der Waals surface area contributed by atoms with Crippen molar-refractivity contribution in [2.45, 2.75) is 31.7 Å². The van der Waals surface area contributed by atoms with E-state index < -0.39 is 10.0 Å². The van der Waals surface area contributed by atoms with Crippen LogP contribution in [-0.2, 0) is 16.6 Å². The lowest BCUT2D eigenvalue weighted by Crippen LogP contribution is -2.25. The molecule has 0 aliphatic heterocycles. The Hall–Kier alpha value is -1.66. The van der Waals surface area contributed by atoms with E-state index >= 15 is 0 Å². The van der Waals surface area contributed by atoms with Gasteiger partial charge in [-0.3, -0.25) is 0 Å². The molecule has 0 saturated heterocycles. The zero-order valence-electron chi connectivity index (χ0n) is 11.7. The monoisotopic (exact) mass is 293 g/mol. The molecule has 6 heteroatoms. The number of benzene rings is 1. The zero-order valence-corrected chi connectivity index (χ0v) is 12.5. The van der Waals surface area contributed by atoms with Gasteiger partial charge in [-0.05, 0) is 43.5 Å². The fraction of sp³-hybridized carbons (Fsp3) is 0.357. The van der Waals surface area contributed by atoms with Gasteiger partial charge in [0.2, 0.25) is 10.0 Å². The van der Waals surface area contributed by atoms with Gasteiger partial charge in [0.05, 0.1) is 11.2 Å². The highest BCUT2D eigenvalue weighted by Crippen LogP contribution is 2.14. The number of imidazole rings is 1. The molecule has 0 aliphatic rings. The van der Waals surface area contributed by atoms with Gasteiger partial charge >= 0.3 is 0 Å². The van der Waals surface area contributed by atoms with E-state index in [4.69, 9.17) is 0 Å². The average molecular weight is 293 g/mol. The molecule has 0 unspecified atom stereocenters. The summed E-state index contributed by atoms with van der Waals surface area (Å²) in [6.07, 6.45) is 6.01. The van der Waals surface area contributed by atoms with Crippen LogP contribution in [-0.4, -0.2) is 24.5 Å². The maximum Gasteiger partial charge on any atom is 0.240 e. The molecule has 0 saturated carbocycles. The van der Waals surface area contributed by atoms with E-state index in [1.165, 1.54) is 0 Å². The lowest BCUT2D eigenvalue weighted by Gasteiger charge is -2.09. The minimum absolute atomic E-state index is 0.322. The number of nitrogens with zero attached hydrogens (tertiary/aromatic N) is 2. The second-order valence-electron chi connectivity index (χ2n) is 4.80. The van der Waals surface area contributed by atoms with Crippen LogP contribution in [0.5, 0.6) is 0 Å². The first-order valence-electron chi connectivity index (χ1n) is 6.52. The Kier molecular flexibility index (Phi) is 4.57. The quantitative estimate of drug-likeness (QED) is 0.827. The highest BCUT2D eigenvalue weighted by Gasteiger charge is 2.13. The fourth-order valence-corrected chi connectivity index (χ4v) is 3.01. The molecule has 0 aliphatic carbocycles. The van der Waals surface area contributed by atoms with Crippen LogP contribution in [0.25, 0.3) is 0 Å². The van der Waals surface area contributed by atoms with Gasteiger partial charge in [-0.15, -0.1) is 0 Å². The summed E-state index contributed by atoms with van der Waals surface area (Å²) in [7, 11) is -3.42. The number of aromatic nitrogens is 2. The first kappa shape index (κ1) is 14.7. The van der Waals surface area contributed by atoms with Gasteiger partial charge in [-0.1, -0.05) is 6.07 Å². The summed E-state index contributed by atoms with van der Waals surface area (Å²) in [6, 6.07) is 5.17. The predicted molar refractivity (Wildman–Crippen MR) is 77.9 cm³/mol. The molecule has 108 valence electrons. The van der Waals surface area contributed by atoms with Crippen LogP contribution in [0.1, 0.15) is 17.5 Å². The van der Waals surface area contributed by atoms with E-state index in [0.29, 0.717) is 11.4 Å². The van der Waals surface area contributed by atoms with E-state index in [0.717, 1.165) is 24.1 Å². The minimum atomic E-state index is -3.42. The van der Waals surface area contributed by atoms with Crippen molar-refractivity contribution in [2.24, 2.45) is 0 Å². The van der Waals surface area contributed by atoms with Gasteiger partial charge in [0.1, 0.15) is 0 Å². The third kappa shape index (κ3) is 3.68. The van der Waals surface area contributed by atoms with Crippen LogP contribution in [0.2, 0.25) is 0 Å². The van der Waals surface area contributed by atoms with Crippen LogP contribution in [0.3, 0.4) is 0 Å². The first-order chi connectivity index (χ1) is 9.49. The molecule has 0 atom stereocenters. The van der Waals surface area contributed by atoms with E-state index in [9.17, 15) is 8.42 Å². The molecule has 0 spiro atoms. The van der Waals surface area contributed by atoms with Crippen molar-refractivity contribution >= 4 is 10.0 Å². The highest BCUT2D eigenvalue weighted by molar-refractivity contribution is 7.89. The van der Waals surface area contributed by atoms with Gasteiger partial charge in [0.15, 0.2) is 0 Å². The normalized spacial score (nSPS) is 11.7. The molecule has 2 aromatic rings. The summed E-state index contributed by atoms with van der Waals surface area (Å²) >= 11 is 0. The molecule has 0 bridgehead atoms. The molecule has 1 aromatic heterocycles. The third-order valence-electron chi connectivity index (χ3n) is 3.23. The summed E-state index contributed by atoms with van der Waals surface area (Å²) in [5.74, 6) is 0. The molecule has 1 heterocycles. The number of aryl methyl sites for hydroxylation is 3. The Morgan fingerprint density at radius 1 is 1.25 bits per heavy atom. The SMILES string of the molecule is Cc1ccc(S(=O)(=O)NCCCn2ccnc2)cc1C. The van der Waals surface area contributed by atoms with Gasteiger partial charge in [-0.2, -0.15) is 0 Å². The molecule has 0 fully saturated rings. The van der Waals surface area contributed by atoms with Crippen LogP contribution >= 0.6 is 0 Å². The van der Waals surface area contributed by atoms with Crippen molar-refractivity contribution in [1.82, 2.24) is 14.3 Å². The molecule has 1 aromatic carbocycles. The molecule has 0 amide bonds. The Balaban J connectivity index is 1.92. The second-order valence-corrected chi connectivity index (χ2v) is 6.56. The van der Waals surface area contributed by atoms with Gasteiger partial charge in [0, 0.05) is 25.5 Å². The topological polar surface area (TPSA) is 64.0 Å². The number of hydrogen-bond acceptors (Lipinski definition) is 3. The standard InChI is InChI=1S/C14H19N3O2S/c1-12-4-5-14(10-13(12)2)20(18,19)16-6-3-8-17-9-7-15-11-17/h4-5,7,9-11,16H,3,6,8H2,1-2H3. The molecule has 20 heavy (non-hydrogen) atoms. The Morgan fingerprint density at radius 2 is 2.05 bits per heavy atom. The highest BCUT2D eigenvalue weighted by atomic mass is 32.2. The first-order valence-corrected chi connectivity index (χ1v) is 8.00. The largest absolute Gasteiger partial charge is 0.337 e. The van der Waals surface area contributed by atoms with E-state index in [1.54, 1.807) is 24.7 Å². The van der Waals surface area contributed by atoms with E-state index in [-0.39, 0.29) is 0 Å². The molecule has 5 nitrogen and oxygen atoms in total. The summed E-state index contributed by atoms with van der Waals surface area (Å²) in [5, 5.41) is 0. The van der Waals surface area contributed by atoms with Gasteiger partial charge < -0.3 is 4.57 Å². The van der Waals surface area contributed by atoms with E-state index in [2.05, 4.69) is 9.71 Å². The van der Waals surface area contributed by atoms with Crippen molar-refractivity contribution in [3.63, 3.8) is 0 Å². The number of nitrogens with one attached hydrogen (secondary N) is 1. The number of hydrogen-bond donors (Lipinski definition) is 1. The Morgan fingerprint density at radius 3 is 2.70 bits per heavy atom. The second kappa shape index (κ2) is 6.19. The molecule has 2 rings (SSSR count). The van der Waals surface area contributed by atoms with Crippen molar-refractivity contribution in [1.29, 1.82) is 0 Å². The number of sulfonamides is 1. The fourth-order valence-electron chi connectivity index (χ4n) is 1.85. The average Bonchev–Trinajstić information content (AvgIpc) is 2.91. The molecule has 1 N–H and O–H groups in total. The van der Waals surface area contributed by atoms with Gasteiger partial charge in [0.25, 0.3) is 0 Å². The predicted octanol–water partition coefficient (Wildman–Crippen LogP) is 1.87. The lowest BCUT2D eigenvalue weighted by atomic mass is 10.1. The van der Waals surface area contributed by atoms with Crippen LogP contribution in [0.4, 0.5) is 0 Å². The maximum atomic E-state index is 12.1. The van der Waals surface area contributed by atoms with Crippen LogP contribution < -0.4 is 4.72 Å². The van der Waals surface area contributed by atoms with Crippen LogP contribution in [0.15, 0.2) is 41.8 Å². The Labute approximate surface area is 119 Å². The maximum absolute atomic E-state index is 12.1. The summed E-state index contributed by atoms with van der Waals surface area (Å²) in [5.41, 5.74) is 2.07. The lowest BCUT2D eigenvalue weighted by molar-refractivity contribution is 0.569. The zero-order chi connectivity index (χ0) is 14.6. The molecular weight excluding hydrogens is 274 g/mol. The van der Waals surface area contributed by atoms with Crippen molar-refractivity contribution in [3.05, 3.63) is 48.0 Å². The Bertz CT molecular complexity index is 664. The summed E-state index contributed by atoms with van der Waals surface area (Å²) in [6.45, 7) is 5.03. The smallest absolute Gasteiger partial charge is 0.240 e. The van der Waals surface area contributed by atoms with E-state index in [1.807, 2.05) is 30.7 Å².